The molecule has 1 amide bonds. The zero-order valence-electron chi connectivity index (χ0n) is 31.0. The molecule has 294 valence electrons. The molecule has 0 radical (unpaired) electrons. The Bertz CT molecular complexity index is 2300. The number of carbonyl (C=O) groups excluding carboxylic acids is 1. The highest BCUT2D eigenvalue weighted by Gasteiger charge is 2.32. The number of alkyl halides is 3. The third-order valence-corrected chi connectivity index (χ3v) is 12.0. The Hall–Kier alpha value is -5.27. The predicted molar refractivity (Wildman–Crippen MR) is 202 cm³/mol. The number of nitrogens with two attached hydrogens (primary N) is 1. The van der Waals surface area contributed by atoms with E-state index in [1.54, 1.807) is 36.4 Å². The number of carbonyl (C=O) groups is 1. The molecule has 0 bridgehead atoms. The molecular weight excluding hydrogens is 763 g/mol. The molecule has 5 rings (SSSR count). The van der Waals surface area contributed by atoms with Crippen LogP contribution in [0.1, 0.15) is 21.6 Å². The van der Waals surface area contributed by atoms with Gasteiger partial charge in [0, 0.05) is 33.8 Å². The zero-order chi connectivity index (χ0) is 40.3. The Morgan fingerprint density at radius 1 is 1.00 bits per heavy atom. The van der Waals surface area contributed by atoms with Crippen molar-refractivity contribution in [3.8, 4) is 22.9 Å². The Balaban J connectivity index is 1.68. The van der Waals surface area contributed by atoms with E-state index in [9.17, 15) is 26.4 Å². The molecule has 13 nitrogen and oxygen atoms in total. The average Bonchev–Trinajstić information content (AvgIpc) is 3.50. The van der Waals surface area contributed by atoms with Crippen LogP contribution in [0.3, 0.4) is 0 Å². The number of hydrogen-bond donors (Lipinski definition) is 2. The highest BCUT2D eigenvalue weighted by atomic mass is 32.2. The average molecular weight is 804 g/mol. The minimum Gasteiger partial charge on any atom is -0.497 e. The summed E-state index contributed by atoms with van der Waals surface area (Å²) in [6.07, 6.45) is -6.17. The van der Waals surface area contributed by atoms with Gasteiger partial charge >= 0.3 is 6.18 Å². The van der Waals surface area contributed by atoms with E-state index in [0.717, 1.165) is 29.6 Å². The first-order valence-electron chi connectivity index (χ1n) is 16.9. The van der Waals surface area contributed by atoms with E-state index in [2.05, 4.69) is 40.0 Å². The van der Waals surface area contributed by atoms with Crippen molar-refractivity contribution in [2.75, 3.05) is 37.5 Å². The Labute approximate surface area is 316 Å². The van der Waals surface area contributed by atoms with Crippen molar-refractivity contribution in [3.05, 3.63) is 83.3 Å². The molecule has 0 aliphatic carbocycles. The minimum atomic E-state index is -4.71. The third-order valence-electron chi connectivity index (χ3n) is 8.52. The molecule has 2 aromatic heterocycles. The second-order valence-electron chi connectivity index (χ2n) is 13.7. The van der Waals surface area contributed by atoms with Gasteiger partial charge in [-0.3, -0.25) is 9.10 Å². The molecule has 0 atom stereocenters. The first-order valence-corrected chi connectivity index (χ1v) is 22.0. The Kier molecular flexibility index (Phi) is 12.1. The highest BCUT2D eigenvalue weighted by molar-refractivity contribution is 7.92. The normalized spacial score (nSPS) is 12.2. The van der Waals surface area contributed by atoms with Gasteiger partial charge in [0.2, 0.25) is 0 Å². The summed E-state index contributed by atoms with van der Waals surface area (Å²) in [6, 6.07) is 15.1. The maximum absolute atomic E-state index is 15.2. The topological polar surface area (TPSA) is 164 Å². The fraction of sp³-hybridized carbons (Fsp3) is 0.333. The predicted octanol–water partition coefficient (Wildman–Crippen LogP) is 6.60. The van der Waals surface area contributed by atoms with Crippen molar-refractivity contribution < 1.29 is 45.0 Å². The summed E-state index contributed by atoms with van der Waals surface area (Å²) in [5.41, 5.74) is 5.39. The summed E-state index contributed by atoms with van der Waals surface area (Å²) in [5, 5.41) is 7.44. The molecule has 0 aliphatic rings. The number of fused-ring (bicyclic) bond motifs is 1. The van der Waals surface area contributed by atoms with E-state index >= 15 is 4.39 Å². The molecule has 0 aliphatic heterocycles. The molecule has 3 N–H and O–H groups in total. The number of amides is 1. The van der Waals surface area contributed by atoms with E-state index < -0.39 is 48.2 Å². The number of ether oxygens (including phenoxy) is 3. The molecule has 3 aromatic carbocycles. The van der Waals surface area contributed by atoms with Crippen LogP contribution in [0, 0.1) is 5.82 Å². The second-order valence-corrected chi connectivity index (χ2v) is 21.3. The number of halogens is 4. The van der Waals surface area contributed by atoms with E-state index in [4.69, 9.17) is 19.9 Å². The molecule has 0 spiro atoms. The SMILES string of the molecule is COc1ccc(N(C)S(=O)(=O)c2ccccc2)c(CNc2nc(-c3cc(F)c(OC)cc3CC(F)(F)F)nc3c2c(C(N)=O)nn3COCC[Si](C)(C)C)c1. The van der Waals surface area contributed by atoms with Crippen LogP contribution in [0.15, 0.2) is 65.6 Å². The number of methoxy groups -OCH3 is 2. The van der Waals surface area contributed by atoms with Gasteiger partial charge in [-0.25, -0.2) is 27.5 Å². The summed E-state index contributed by atoms with van der Waals surface area (Å²) in [6.45, 7) is 6.46. The van der Waals surface area contributed by atoms with Crippen LogP contribution in [0.5, 0.6) is 11.5 Å². The van der Waals surface area contributed by atoms with Gasteiger partial charge in [0.25, 0.3) is 15.9 Å². The maximum atomic E-state index is 15.2. The summed E-state index contributed by atoms with van der Waals surface area (Å²) < 4.78 is 103. The fourth-order valence-corrected chi connectivity index (χ4v) is 7.64. The van der Waals surface area contributed by atoms with Crippen LogP contribution < -0.4 is 24.8 Å². The van der Waals surface area contributed by atoms with Crippen LogP contribution in [-0.2, 0) is 34.5 Å². The van der Waals surface area contributed by atoms with Crippen molar-refractivity contribution in [2.45, 2.75) is 56.5 Å². The van der Waals surface area contributed by atoms with E-state index in [1.165, 1.54) is 31.0 Å². The van der Waals surface area contributed by atoms with Gasteiger partial charge in [-0.05, 0) is 59.6 Å². The van der Waals surface area contributed by atoms with Gasteiger partial charge in [0.1, 0.15) is 18.3 Å². The number of nitrogens with zero attached hydrogens (tertiary/aromatic N) is 5. The van der Waals surface area contributed by atoms with Gasteiger partial charge in [-0.15, -0.1) is 0 Å². The summed E-state index contributed by atoms with van der Waals surface area (Å²) in [4.78, 5) is 21.9. The van der Waals surface area contributed by atoms with Gasteiger partial charge in [-0.2, -0.15) is 18.3 Å². The number of sulfonamides is 1. The van der Waals surface area contributed by atoms with Crippen molar-refractivity contribution in [1.29, 1.82) is 0 Å². The zero-order valence-corrected chi connectivity index (χ0v) is 32.8. The lowest BCUT2D eigenvalue weighted by Gasteiger charge is -2.23. The van der Waals surface area contributed by atoms with Gasteiger partial charge < -0.3 is 25.3 Å². The molecule has 0 saturated carbocycles. The lowest BCUT2D eigenvalue weighted by atomic mass is 10.0. The van der Waals surface area contributed by atoms with Crippen LogP contribution in [0.4, 0.5) is 29.1 Å². The molecular formula is C36H41F4N7O6SSi. The fourth-order valence-electron chi connectivity index (χ4n) is 5.63. The van der Waals surface area contributed by atoms with Crippen molar-refractivity contribution in [3.63, 3.8) is 0 Å². The first-order chi connectivity index (χ1) is 25.8. The number of anilines is 2. The molecule has 55 heavy (non-hydrogen) atoms. The Morgan fingerprint density at radius 3 is 2.33 bits per heavy atom. The summed E-state index contributed by atoms with van der Waals surface area (Å²) in [5.74, 6) is -2.42. The highest BCUT2D eigenvalue weighted by Crippen LogP contribution is 2.36. The lowest BCUT2D eigenvalue weighted by molar-refractivity contribution is -0.127. The lowest BCUT2D eigenvalue weighted by Crippen LogP contribution is -2.27. The van der Waals surface area contributed by atoms with Gasteiger partial charge in [0.15, 0.2) is 28.7 Å². The smallest absolute Gasteiger partial charge is 0.393 e. The molecule has 0 saturated heterocycles. The Morgan fingerprint density at radius 2 is 1.71 bits per heavy atom. The third kappa shape index (κ3) is 9.52. The first kappa shape index (κ1) is 40.9. The molecule has 0 fully saturated rings. The molecule has 19 heteroatoms. The molecule has 2 heterocycles. The monoisotopic (exact) mass is 803 g/mol. The summed E-state index contributed by atoms with van der Waals surface area (Å²) >= 11 is 0. The van der Waals surface area contributed by atoms with Crippen molar-refractivity contribution in [1.82, 2.24) is 19.7 Å². The second kappa shape index (κ2) is 16.2. The number of rotatable bonds is 16. The van der Waals surface area contributed by atoms with Crippen LogP contribution in [0.25, 0.3) is 22.4 Å². The summed E-state index contributed by atoms with van der Waals surface area (Å²) in [7, 11) is -1.61. The quantitative estimate of drug-likeness (QED) is 0.0631. The number of benzene rings is 3. The number of aromatic nitrogens is 4. The molecule has 0 unspecified atom stereocenters. The van der Waals surface area contributed by atoms with E-state index in [0.29, 0.717) is 17.9 Å². The largest absolute Gasteiger partial charge is 0.497 e. The number of primary amides is 1. The van der Waals surface area contributed by atoms with E-state index in [1.807, 2.05) is 0 Å². The van der Waals surface area contributed by atoms with Gasteiger partial charge in [-0.1, -0.05) is 37.8 Å². The number of hydrogen-bond acceptors (Lipinski definition) is 10. The van der Waals surface area contributed by atoms with Crippen LogP contribution >= 0.6 is 0 Å². The van der Waals surface area contributed by atoms with Crippen molar-refractivity contribution >= 4 is 46.5 Å². The van der Waals surface area contributed by atoms with E-state index in [-0.39, 0.29) is 63.4 Å². The van der Waals surface area contributed by atoms with Crippen LogP contribution in [-0.4, -0.2) is 76.2 Å². The molecule has 5 aromatic rings. The minimum absolute atomic E-state index is 0.00566. The standard InChI is InChI=1S/C36H41F4N7O6SSi/c1-46(54(49,50)25-10-8-7-9-11-25)28-13-12-24(51-2)16-23(28)20-42-34-30-31(32(41)48)45-47(21-53-14-15-55(4,5)6)35(30)44-33(43-34)26-18-27(37)29(52-3)17-22(26)19-36(38,39)40/h7-13,16-18H,14-15,19-21H2,1-6H3,(H2,41,48)(H,42,43,44). The maximum Gasteiger partial charge on any atom is 0.393 e. The van der Waals surface area contributed by atoms with Gasteiger partial charge in [0.05, 0.1) is 36.6 Å². The number of nitrogens with one attached hydrogen (secondary N) is 1. The van der Waals surface area contributed by atoms with Crippen LogP contribution in [0.2, 0.25) is 25.7 Å². The van der Waals surface area contributed by atoms with Crippen molar-refractivity contribution in [2.24, 2.45) is 5.73 Å².